The third-order valence-electron chi connectivity index (χ3n) is 6.19. The van der Waals surface area contributed by atoms with E-state index < -0.39 is 0 Å². The first-order chi connectivity index (χ1) is 17.9. The number of hydrogen-bond acceptors (Lipinski definition) is 0. The molecule has 2 aliphatic carbocycles. The minimum Gasteiger partial charge on any atom is -0.0622 e. The molecule has 36 heavy (non-hydrogen) atoms. The fourth-order valence-corrected chi connectivity index (χ4v) is 9.21. The molecule has 0 amide bonds. The lowest BCUT2D eigenvalue weighted by atomic mass is 10.2. The maximum Gasteiger partial charge on any atom is 0.179 e. The fraction of sp³-hybridized carbons (Fsp3) is 0. The largest absolute Gasteiger partial charge is 0.179 e. The molecule has 0 aliphatic heterocycles. The number of benzene rings is 4. The van der Waals surface area contributed by atoms with Gasteiger partial charge in [0.25, 0.3) is 0 Å². The lowest BCUT2D eigenvalue weighted by Gasteiger charge is -2.08. The Morgan fingerprint density at radius 2 is 0.528 bits per heavy atom. The standard InChI is InChI=1S/C34H26S2/c1-6-16-27(17-7-1)35(28-18-8-2-9-19-28)33-26-34(32-25-15-5-14-24-31(32)33)36(29-20-10-3-11-21-29)30-22-12-4-13-23-30/h1-26H/q+2. The van der Waals surface area contributed by atoms with Gasteiger partial charge in [0.1, 0.15) is 21.8 Å². The molecule has 0 spiro atoms. The van der Waals surface area contributed by atoms with Crippen LogP contribution in [-0.4, -0.2) is 0 Å². The van der Waals surface area contributed by atoms with E-state index in [-0.39, 0.29) is 21.8 Å². The quantitative estimate of drug-likeness (QED) is 0.201. The van der Waals surface area contributed by atoms with Gasteiger partial charge in [0.05, 0.1) is 6.07 Å². The van der Waals surface area contributed by atoms with Gasteiger partial charge >= 0.3 is 0 Å². The van der Waals surface area contributed by atoms with Crippen molar-refractivity contribution in [2.45, 2.75) is 29.4 Å². The molecule has 0 unspecified atom stereocenters. The molecule has 0 atom stereocenters. The second-order valence-electron chi connectivity index (χ2n) is 8.48. The molecule has 0 bridgehead atoms. The van der Waals surface area contributed by atoms with Gasteiger partial charge in [0.2, 0.25) is 0 Å². The van der Waals surface area contributed by atoms with Crippen LogP contribution in [0.1, 0.15) is 0 Å². The summed E-state index contributed by atoms with van der Waals surface area (Å²) in [7, 11) is -0.430. The molecule has 0 fully saturated rings. The zero-order valence-corrected chi connectivity index (χ0v) is 21.5. The molecule has 2 aliphatic rings. The third kappa shape index (κ3) is 4.46. The van der Waals surface area contributed by atoms with E-state index in [1.807, 2.05) is 0 Å². The maximum atomic E-state index is 2.50. The van der Waals surface area contributed by atoms with Gasteiger partial charge in [-0.2, -0.15) is 0 Å². The summed E-state index contributed by atoms with van der Waals surface area (Å²) in [5, 5.41) is 0. The Morgan fingerprint density at radius 1 is 0.278 bits per heavy atom. The van der Waals surface area contributed by atoms with Gasteiger partial charge in [-0.15, -0.1) is 0 Å². The number of hydrogen-bond donors (Lipinski definition) is 0. The summed E-state index contributed by atoms with van der Waals surface area (Å²) in [6, 6.07) is 57.4. The normalized spacial score (nSPS) is 11.3. The van der Waals surface area contributed by atoms with E-state index in [4.69, 9.17) is 0 Å². The topological polar surface area (TPSA) is 0 Å². The Bertz CT molecular complexity index is 1320. The Hall–Kier alpha value is -3.72. The van der Waals surface area contributed by atoms with Crippen molar-refractivity contribution in [3.05, 3.63) is 158 Å². The van der Waals surface area contributed by atoms with Crippen LogP contribution in [0.15, 0.2) is 187 Å². The zero-order valence-electron chi connectivity index (χ0n) is 19.8. The van der Waals surface area contributed by atoms with E-state index >= 15 is 0 Å². The number of fused-ring (bicyclic) bond motifs is 1. The van der Waals surface area contributed by atoms with Crippen molar-refractivity contribution in [1.29, 1.82) is 0 Å². The smallest absolute Gasteiger partial charge is 0.0622 e. The molecular weight excluding hydrogens is 473 g/mol. The predicted octanol–water partition coefficient (Wildman–Crippen LogP) is 8.98. The van der Waals surface area contributed by atoms with E-state index in [0.29, 0.717) is 0 Å². The summed E-state index contributed by atoms with van der Waals surface area (Å²) in [4.78, 5) is 8.14. The summed E-state index contributed by atoms with van der Waals surface area (Å²) >= 11 is 0. The fourth-order valence-electron chi connectivity index (χ4n) is 4.60. The highest BCUT2D eigenvalue weighted by atomic mass is 32.2. The highest BCUT2D eigenvalue weighted by Gasteiger charge is 2.40. The van der Waals surface area contributed by atoms with Crippen molar-refractivity contribution in [2.75, 3.05) is 0 Å². The highest BCUT2D eigenvalue weighted by molar-refractivity contribution is 7.98. The van der Waals surface area contributed by atoms with Crippen molar-refractivity contribution in [3.63, 3.8) is 0 Å². The van der Waals surface area contributed by atoms with Gasteiger partial charge in [0.15, 0.2) is 29.4 Å². The second-order valence-corrected chi connectivity index (χ2v) is 12.5. The van der Waals surface area contributed by atoms with Crippen LogP contribution in [0.5, 0.6) is 0 Å². The van der Waals surface area contributed by atoms with Gasteiger partial charge in [0, 0.05) is 11.1 Å². The SMILES string of the molecule is c1ccc([S+](c2ccccc2)c2cc([S+](c3ccccc3)c3ccccc3)c3cccccc2-3)cc1. The van der Waals surface area contributed by atoms with Crippen molar-refractivity contribution in [3.8, 4) is 11.1 Å². The van der Waals surface area contributed by atoms with E-state index in [9.17, 15) is 0 Å². The molecule has 0 radical (unpaired) electrons. The second kappa shape index (κ2) is 10.5. The van der Waals surface area contributed by atoms with E-state index in [1.165, 1.54) is 40.5 Å². The van der Waals surface area contributed by atoms with Gasteiger partial charge in [-0.05, 0) is 60.7 Å². The van der Waals surface area contributed by atoms with Crippen LogP contribution in [0, 0.1) is 0 Å². The molecule has 0 saturated heterocycles. The molecule has 0 aromatic heterocycles. The van der Waals surface area contributed by atoms with Gasteiger partial charge < -0.3 is 0 Å². The first kappa shape index (κ1) is 22.7. The van der Waals surface area contributed by atoms with Crippen molar-refractivity contribution < 1.29 is 0 Å². The van der Waals surface area contributed by atoms with Crippen molar-refractivity contribution >= 4 is 21.8 Å². The van der Waals surface area contributed by atoms with Crippen LogP contribution in [0.25, 0.3) is 11.1 Å². The molecular formula is C34H26S2+2. The van der Waals surface area contributed by atoms with Crippen LogP contribution in [0.3, 0.4) is 0 Å². The highest BCUT2D eigenvalue weighted by Crippen LogP contribution is 2.46. The monoisotopic (exact) mass is 498 g/mol. The minimum atomic E-state index is -0.215. The maximum absolute atomic E-state index is 2.50. The first-order valence-corrected chi connectivity index (χ1v) is 14.6. The molecule has 0 N–H and O–H groups in total. The third-order valence-corrected chi connectivity index (χ3v) is 10.7. The summed E-state index contributed by atoms with van der Waals surface area (Å²) in [6.07, 6.45) is 0. The number of rotatable bonds is 6. The first-order valence-electron chi connectivity index (χ1n) is 12.1. The minimum absolute atomic E-state index is 0.215. The van der Waals surface area contributed by atoms with Crippen LogP contribution < -0.4 is 0 Å². The Morgan fingerprint density at radius 3 is 0.806 bits per heavy atom. The summed E-state index contributed by atoms with van der Waals surface area (Å²) in [6.45, 7) is 0. The van der Waals surface area contributed by atoms with E-state index in [0.717, 1.165) is 0 Å². The summed E-state index contributed by atoms with van der Waals surface area (Å²) < 4.78 is 0. The predicted molar refractivity (Wildman–Crippen MR) is 153 cm³/mol. The Labute approximate surface area is 219 Å². The summed E-state index contributed by atoms with van der Waals surface area (Å²) in [5.74, 6) is 0. The van der Waals surface area contributed by atoms with Crippen LogP contribution in [-0.2, 0) is 21.8 Å². The van der Waals surface area contributed by atoms with Crippen LogP contribution in [0.4, 0.5) is 0 Å². The van der Waals surface area contributed by atoms with Gasteiger partial charge in [-0.1, -0.05) is 91.0 Å². The average molecular weight is 499 g/mol. The zero-order chi connectivity index (χ0) is 24.2. The van der Waals surface area contributed by atoms with Crippen molar-refractivity contribution in [2.24, 2.45) is 0 Å². The van der Waals surface area contributed by atoms with Gasteiger partial charge in [-0.25, -0.2) is 0 Å². The molecule has 172 valence electrons. The molecule has 6 rings (SSSR count). The molecule has 0 heterocycles. The van der Waals surface area contributed by atoms with Crippen molar-refractivity contribution in [1.82, 2.24) is 0 Å². The molecule has 4 aromatic carbocycles. The lowest BCUT2D eigenvalue weighted by molar-refractivity contribution is 1.32. The van der Waals surface area contributed by atoms with E-state index in [2.05, 4.69) is 158 Å². The van der Waals surface area contributed by atoms with Gasteiger partial charge in [-0.3, -0.25) is 0 Å². The van der Waals surface area contributed by atoms with Crippen LogP contribution >= 0.6 is 0 Å². The molecule has 2 heteroatoms. The molecule has 0 nitrogen and oxygen atoms in total. The van der Waals surface area contributed by atoms with Crippen LogP contribution in [0.2, 0.25) is 0 Å². The molecule has 0 saturated carbocycles. The Kier molecular flexibility index (Phi) is 6.62. The Balaban J connectivity index is 1.63. The lowest BCUT2D eigenvalue weighted by Crippen LogP contribution is -2.05. The van der Waals surface area contributed by atoms with E-state index in [1.54, 1.807) is 0 Å². The average Bonchev–Trinajstić information content (AvgIpc) is 3.11. The molecule has 4 aromatic rings. The summed E-state index contributed by atoms with van der Waals surface area (Å²) in [5.41, 5.74) is 2.66.